The monoisotopic (exact) mass is 464 g/mol. The number of urea groups is 1. The van der Waals surface area contributed by atoms with E-state index in [0.29, 0.717) is 17.8 Å². The second-order valence-corrected chi connectivity index (χ2v) is 9.20. The predicted molar refractivity (Wildman–Crippen MR) is 123 cm³/mol. The molecule has 0 unspecified atom stereocenters. The number of non-ortho nitro benzene ring substituents is 1. The van der Waals surface area contributed by atoms with Crippen molar-refractivity contribution in [3.05, 3.63) is 63.7 Å². The number of carbonyl (C=O) groups is 3. The van der Waals surface area contributed by atoms with Crippen LogP contribution in [0.2, 0.25) is 0 Å². The quantitative estimate of drug-likeness (QED) is 0.412. The largest absolute Gasteiger partial charge is 0.372 e. The number of imide groups is 2. The lowest BCUT2D eigenvalue weighted by molar-refractivity contribution is -0.384. The number of hydrogen-bond acceptors (Lipinski definition) is 7. The van der Waals surface area contributed by atoms with Crippen molar-refractivity contribution in [3.8, 4) is 0 Å². The van der Waals surface area contributed by atoms with Crippen LogP contribution in [0.1, 0.15) is 25.0 Å². The molecule has 0 aliphatic carbocycles. The number of rotatable bonds is 2. The number of ether oxygens (including phenoxy) is 1. The molecule has 10 nitrogen and oxygen atoms in total. The van der Waals surface area contributed by atoms with Crippen molar-refractivity contribution in [2.75, 3.05) is 16.3 Å². The van der Waals surface area contributed by atoms with Gasteiger partial charge in [-0.05, 0) is 44.5 Å². The first kappa shape index (κ1) is 22.0. The maximum atomic E-state index is 14.1. The second kappa shape index (κ2) is 7.63. The van der Waals surface area contributed by atoms with Crippen molar-refractivity contribution in [1.82, 2.24) is 5.32 Å². The molecule has 3 heterocycles. The van der Waals surface area contributed by atoms with Gasteiger partial charge in [0.1, 0.15) is 0 Å². The zero-order valence-electron chi connectivity index (χ0n) is 19.0. The van der Waals surface area contributed by atoms with Gasteiger partial charge in [-0.2, -0.15) is 0 Å². The average Bonchev–Trinajstić information content (AvgIpc) is 2.78. The van der Waals surface area contributed by atoms with Gasteiger partial charge in [0.05, 0.1) is 28.9 Å². The number of nitro groups is 1. The Morgan fingerprint density at radius 2 is 1.82 bits per heavy atom. The Kier molecular flexibility index (Phi) is 4.94. The van der Waals surface area contributed by atoms with Crippen LogP contribution < -0.4 is 15.1 Å². The summed E-state index contributed by atoms with van der Waals surface area (Å²) in [5.41, 5.74) is 0.690. The summed E-state index contributed by atoms with van der Waals surface area (Å²) in [6.45, 7) is 5.97. The number of hydrogen-bond donors (Lipinski definition) is 1. The van der Waals surface area contributed by atoms with Gasteiger partial charge in [0.25, 0.3) is 11.6 Å². The first-order valence-electron chi connectivity index (χ1n) is 11.1. The van der Waals surface area contributed by atoms with Crippen molar-refractivity contribution in [1.29, 1.82) is 0 Å². The summed E-state index contributed by atoms with van der Waals surface area (Å²) in [6, 6.07) is 9.82. The van der Waals surface area contributed by atoms with Crippen LogP contribution >= 0.6 is 0 Å². The summed E-state index contributed by atoms with van der Waals surface area (Å²) in [7, 11) is 0. The molecule has 1 N–H and O–H groups in total. The summed E-state index contributed by atoms with van der Waals surface area (Å²) >= 11 is 0. The number of nitrogens with zero attached hydrogens (tertiary/aromatic N) is 3. The van der Waals surface area contributed by atoms with E-state index >= 15 is 0 Å². The fraction of sp³-hybridized carbons (Fsp3) is 0.375. The molecule has 0 bridgehead atoms. The minimum Gasteiger partial charge on any atom is -0.372 e. The highest BCUT2D eigenvalue weighted by Crippen LogP contribution is 2.48. The highest BCUT2D eigenvalue weighted by molar-refractivity contribution is 6.30. The Balaban J connectivity index is 1.70. The number of barbiturate groups is 1. The molecule has 2 aromatic rings. The Labute approximate surface area is 195 Å². The van der Waals surface area contributed by atoms with E-state index in [4.69, 9.17) is 4.74 Å². The van der Waals surface area contributed by atoms with Gasteiger partial charge in [0.2, 0.25) is 5.91 Å². The molecule has 2 saturated heterocycles. The maximum absolute atomic E-state index is 14.1. The smallest absolute Gasteiger partial charge is 0.335 e. The van der Waals surface area contributed by atoms with E-state index in [-0.39, 0.29) is 18.2 Å². The van der Waals surface area contributed by atoms with Gasteiger partial charge in [-0.3, -0.25) is 25.0 Å². The second-order valence-electron chi connectivity index (χ2n) is 9.20. The molecule has 0 saturated carbocycles. The van der Waals surface area contributed by atoms with Crippen LogP contribution in [0.25, 0.3) is 0 Å². The standard InChI is InChI=1S/C24H24N4O6/c1-13-4-6-17(7-5-13)27-22(30)24(21(29)25-23(27)31)11-16-10-18(28(32)33)8-9-19(16)26-12-14(2)34-15(3)20(24)26/h4-10,14-15,20H,11-12H2,1-3H3,(H,25,29,31)/t14-,15+,20-,24-/m1/s1. The Hall–Kier alpha value is -3.79. The van der Waals surface area contributed by atoms with Gasteiger partial charge in [0, 0.05) is 30.8 Å². The van der Waals surface area contributed by atoms with Gasteiger partial charge in [-0.1, -0.05) is 17.7 Å². The van der Waals surface area contributed by atoms with Gasteiger partial charge < -0.3 is 9.64 Å². The summed E-state index contributed by atoms with van der Waals surface area (Å²) in [5, 5.41) is 13.8. The van der Waals surface area contributed by atoms with Crippen molar-refractivity contribution in [3.63, 3.8) is 0 Å². The summed E-state index contributed by atoms with van der Waals surface area (Å²) in [6.07, 6.45) is -0.802. The molecule has 176 valence electrons. The van der Waals surface area contributed by atoms with Gasteiger partial charge in [-0.15, -0.1) is 0 Å². The van der Waals surface area contributed by atoms with Crippen LogP contribution in [0.3, 0.4) is 0 Å². The van der Waals surface area contributed by atoms with E-state index < -0.39 is 40.3 Å². The topological polar surface area (TPSA) is 122 Å². The van der Waals surface area contributed by atoms with Crippen molar-refractivity contribution in [2.45, 2.75) is 45.4 Å². The zero-order chi connectivity index (χ0) is 24.4. The van der Waals surface area contributed by atoms with Crippen LogP contribution in [0.15, 0.2) is 42.5 Å². The molecule has 3 aliphatic rings. The molecule has 3 aliphatic heterocycles. The maximum Gasteiger partial charge on any atom is 0.335 e. The third-order valence-corrected chi connectivity index (χ3v) is 6.94. The Morgan fingerprint density at radius 3 is 2.50 bits per heavy atom. The highest BCUT2D eigenvalue weighted by atomic mass is 16.6. The lowest BCUT2D eigenvalue weighted by Gasteiger charge is -2.56. The molecule has 10 heteroatoms. The van der Waals surface area contributed by atoms with Gasteiger partial charge in [0.15, 0.2) is 5.41 Å². The van der Waals surface area contributed by atoms with Crippen LogP contribution in [0.5, 0.6) is 0 Å². The SMILES string of the molecule is Cc1ccc(N2C(=O)NC(=O)[C@]3(Cc4cc([N+](=O)[O-])ccc4N4C[C@@H](C)O[C@@H](C)[C@@H]43)C2=O)cc1. The molecule has 4 atom stereocenters. The number of anilines is 2. The Morgan fingerprint density at radius 1 is 1.12 bits per heavy atom. The number of morpholine rings is 1. The first-order chi connectivity index (χ1) is 16.1. The number of aryl methyl sites for hydroxylation is 1. The summed E-state index contributed by atoms with van der Waals surface area (Å²) < 4.78 is 6.05. The number of carbonyl (C=O) groups excluding carboxylic acids is 3. The molecule has 2 fully saturated rings. The number of benzene rings is 2. The van der Waals surface area contributed by atoms with Crippen molar-refractivity contribution in [2.24, 2.45) is 5.41 Å². The highest BCUT2D eigenvalue weighted by Gasteiger charge is 2.65. The molecule has 0 radical (unpaired) electrons. The van der Waals surface area contributed by atoms with E-state index in [1.807, 2.05) is 18.7 Å². The third kappa shape index (κ3) is 3.09. The first-order valence-corrected chi connectivity index (χ1v) is 11.1. The third-order valence-electron chi connectivity index (χ3n) is 6.94. The molecular formula is C24H24N4O6. The molecular weight excluding hydrogens is 440 g/mol. The lowest BCUT2D eigenvalue weighted by Crippen LogP contribution is -2.76. The van der Waals surface area contributed by atoms with Gasteiger partial charge >= 0.3 is 6.03 Å². The van der Waals surface area contributed by atoms with E-state index in [2.05, 4.69) is 5.32 Å². The van der Waals surface area contributed by atoms with E-state index in [1.165, 1.54) is 12.1 Å². The fourth-order valence-electron chi connectivity index (χ4n) is 5.55. The number of fused-ring (bicyclic) bond motifs is 4. The van der Waals surface area contributed by atoms with Crippen LogP contribution in [0.4, 0.5) is 21.9 Å². The number of amides is 4. The van der Waals surface area contributed by atoms with E-state index in [9.17, 15) is 24.5 Å². The molecule has 2 aromatic carbocycles. The normalized spacial score (nSPS) is 28.4. The molecule has 4 amide bonds. The summed E-state index contributed by atoms with van der Waals surface area (Å²) in [5.74, 6) is -1.38. The van der Waals surface area contributed by atoms with Crippen LogP contribution in [-0.4, -0.2) is 47.6 Å². The van der Waals surface area contributed by atoms with E-state index in [1.54, 1.807) is 37.3 Å². The van der Waals surface area contributed by atoms with E-state index in [0.717, 1.165) is 16.2 Å². The predicted octanol–water partition coefficient (Wildman–Crippen LogP) is 2.71. The molecule has 34 heavy (non-hydrogen) atoms. The molecule has 0 aromatic heterocycles. The zero-order valence-corrected chi connectivity index (χ0v) is 19.0. The van der Waals surface area contributed by atoms with Crippen LogP contribution in [0, 0.1) is 22.5 Å². The van der Waals surface area contributed by atoms with Crippen molar-refractivity contribution < 1.29 is 24.0 Å². The average molecular weight is 464 g/mol. The minimum absolute atomic E-state index is 0.0897. The summed E-state index contributed by atoms with van der Waals surface area (Å²) in [4.78, 5) is 54.4. The molecule has 5 rings (SSSR count). The fourth-order valence-corrected chi connectivity index (χ4v) is 5.55. The number of nitrogens with one attached hydrogen (secondary N) is 1. The minimum atomic E-state index is -1.71. The molecule has 1 spiro atoms. The number of nitro benzene ring substituents is 1. The van der Waals surface area contributed by atoms with Crippen LogP contribution in [-0.2, 0) is 20.7 Å². The van der Waals surface area contributed by atoms with Crippen molar-refractivity contribution >= 4 is 34.9 Å². The lowest BCUT2D eigenvalue weighted by atomic mass is 9.66. The van der Waals surface area contributed by atoms with Gasteiger partial charge in [-0.25, -0.2) is 9.69 Å². The Bertz CT molecular complexity index is 1230.